The zero-order valence-corrected chi connectivity index (χ0v) is 18.8. The van der Waals surface area contributed by atoms with E-state index in [0.29, 0.717) is 0 Å². The van der Waals surface area contributed by atoms with E-state index in [1.807, 2.05) is 0 Å². The molecule has 1 saturated carbocycles. The van der Waals surface area contributed by atoms with Gasteiger partial charge in [0.05, 0.1) is 26.2 Å². The molecule has 2 atom stereocenters. The SMILES string of the molecule is CCCC[N+]1(CCCC)CC[N+](CCCC)(CCCC)[C@H]2CCCC[C@@H]21. The van der Waals surface area contributed by atoms with Crippen LogP contribution in [0, 0.1) is 0 Å². The number of nitrogens with zero attached hydrogens (tertiary/aromatic N) is 2. The lowest BCUT2D eigenvalue weighted by Gasteiger charge is -2.60. The van der Waals surface area contributed by atoms with Crippen molar-refractivity contribution in [1.82, 2.24) is 0 Å². The van der Waals surface area contributed by atoms with Crippen LogP contribution >= 0.6 is 0 Å². The number of piperazine rings is 1. The highest BCUT2D eigenvalue weighted by Crippen LogP contribution is 2.41. The fourth-order valence-electron chi connectivity index (χ4n) is 6.33. The first-order valence-corrected chi connectivity index (χ1v) is 12.4. The van der Waals surface area contributed by atoms with Gasteiger partial charge in [-0.05, 0) is 38.5 Å². The van der Waals surface area contributed by atoms with Crippen molar-refractivity contribution in [3.63, 3.8) is 0 Å². The van der Waals surface area contributed by atoms with Gasteiger partial charge in [-0.25, -0.2) is 0 Å². The van der Waals surface area contributed by atoms with E-state index in [-0.39, 0.29) is 0 Å². The van der Waals surface area contributed by atoms with Gasteiger partial charge in [-0.15, -0.1) is 0 Å². The van der Waals surface area contributed by atoms with E-state index in [1.54, 1.807) is 0 Å². The summed E-state index contributed by atoms with van der Waals surface area (Å²) in [5.74, 6) is 0. The van der Waals surface area contributed by atoms with Crippen molar-refractivity contribution < 1.29 is 8.97 Å². The van der Waals surface area contributed by atoms with E-state index in [0.717, 1.165) is 12.1 Å². The van der Waals surface area contributed by atoms with Crippen molar-refractivity contribution in [2.75, 3.05) is 39.3 Å². The molecule has 2 rings (SSSR count). The molecule has 1 heterocycles. The van der Waals surface area contributed by atoms with Gasteiger partial charge in [0.2, 0.25) is 0 Å². The second kappa shape index (κ2) is 11.1. The third kappa shape index (κ3) is 5.04. The number of fused-ring (bicyclic) bond motifs is 1. The number of quaternary nitrogens is 2. The molecule has 1 aliphatic carbocycles. The first-order chi connectivity index (χ1) is 12.7. The summed E-state index contributed by atoms with van der Waals surface area (Å²) >= 11 is 0. The molecule has 1 aliphatic heterocycles. The third-order valence-corrected chi connectivity index (χ3v) is 7.92. The summed E-state index contributed by atoms with van der Waals surface area (Å²) in [5, 5.41) is 0. The van der Waals surface area contributed by atoms with Gasteiger partial charge in [0.15, 0.2) is 0 Å². The van der Waals surface area contributed by atoms with Crippen molar-refractivity contribution in [3.05, 3.63) is 0 Å². The Balaban J connectivity index is 2.28. The standard InChI is InChI=1S/C24H50N2/c1-5-9-17-25(18-10-6-2)21-22-26(19-11-7-3,20-12-8-4)24-16-14-13-15-23(24)25/h23-24H,5-22H2,1-4H3/q+2/t23-,24-/m0/s1. The Morgan fingerprint density at radius 2 is 0.846 bits per heavy atom. The summed E-state index contributed by atoms with van der Waals surface area (Å²) in [4.78, 5) is 0. The minimum Gasteiger partial charge on any atom is -0.312 e. The molecule has 2 nitrogen and oxygen atoms in total. The molecule has 2 aliphatic rings. The van der Waals surface area contributed by atoms with Gasteiger partial charge >= 0.3 is 0 Å². The van der Waals surface area contributed by atoms with E-state index < -0.39 is 0 Å². The van der Waals surface area contributed by atoms with E-state index in [2.05, 4.69) is 27.7 Å². The third-order valence-electron chi connectivity index (χ3n) is 7.92. The smallest absolute Gasteiger partial charge is 0.142 e. The molecule has 0 aromatic heterocycles. The number of hydrogen-bond donors (Lipinski definition) is 0. The zero-order chi connectivity index (χ0) is 18.9. The molecule has 0 radical (unpaired) electrons. The summed E-state index contributed by atoms with van der Waals surface area (Å²) in [5.41, 5.74) is 0. The highest BCUT2D eigenvalue weighted by Gasteiger charge is 2.56. The lowest BCUT2D eigenvalue weighted by atomic mass is 9.81. The molecule has 0 N–H and O–H groups in total. The Morgan fingerprint density at radius 1 is 0.538 bits per heavy atom. The minimum absolute atomic E-state index is 0.976. The van der Waals surface area contributed by atoms with Gasteiger partial charge in [-0.1, -0.05) is 53.4 Å². The van der Waals surface area contributed by atoms with Crippen LogP contribution in [0.5, 0.6) is 0 Å². The first-order valence-electron chi connectivity index (χ1n) is 12.4. The predicted octanol–water partition coefficient (Wildman–Crippen LogP) is 6.15. The number of hydrogen-bond acceptors (Lipinski definition) is 0. The maximum Gasteiger partial charge on any atom is 0.142 e. The molecule has 26 heavy (non-hydrogen) atoms. The minimum atomic E-state index is 0.976. The van der Waals surface area contributed by atoms with Gasteiger partial charge in [-0.2, -0.15) is 0 Å². The Hall–Kier alpha value is -0.0800. The van der Waals surface area contributed by atoms with Crippen LogP contribution in [0.15, 0.2) is 0 Å². The fourth-order valence-corrected chi connectivity index (χ4v) is 6.33. The topological polar surface area (TPSA) is 0 Å². The van der Waals surface area contributed by atoms with Crippen LogP contribution in [0.25, 0.3) is 0 Å². The Morgan fingerprint density at radius 3 is 1.12 bits per heavy atom. The van der Waals surface area contributed by atoms with Gasteiger partial charge in [0.25, 0.3) is 0 Å². The van der Waals surface area contributed by atoms with Crippen LogP contribution in [0.3, 0.4) is 0 Å². The Bertz CT molecular complexity index is 326. The second-order valence-electron chi connectivity index (χ2n) is 9.61. The van der Waals surface area contributed by atoms with Crippen molar-refractivity contribution in [2.24, 2.45) is 0 Å². The molecular formula is C24H50N2+2. The summed E-state index contributed by atoms with van der Waals surface area (Å²) in [7, 11) is 0. The van der Waals surface area contributed by atoms with Crippen LogP contribution in [-0.4, -0.2) is 60.3 Å². The largest absolute Gasteiger partial charge is 0.312 e. The van der Waals surface area contributed by atoms with Crippen molar-refractivity contribution in [3.8, 4) is 0 Å². The normalized spacial score (nSPS) is 27.2. The number of rotatable bonds is 12. The van der Waals surface area contributed by atoms with Crippen LogP contribution in [0.4, 0.5) is 0 Å². The van der Waals surface area contributed by atoms with Crippen LogP contribution in [0.1, 0.15) is 105 Å². The number of unbranched alkanes of at least 4 members (excludes halogenated alkanes) is 4. The molecule has 0 amide bonds. The molecule has 2 heteroatoms. The lowest BCUT2D eigenvalue weighted by Crippen LogP contribution is -2.77. The van der Waals surface area contributed by atoms with E-state index >= 15 is 0 Å². The predicted molar refractivity (Wildman–Crippen MR) is 115 cm³/mol. The van der Waals surface area contributed by atoms with Crippen molar-refractivity contribution in [2.45, 2.75) is 117 Å². The van der Waals surface area contributed by atoms with Crippen LogP contribution < -0.4 is 0 Å². The lowest BCUT2D eigenvalue weighted by molar-refractivity contribution is -1.07. The van der Waals surface area contributed by atoms with E-state index in [4.69, 9.17) is 0 Å². The van der Waals surface area contributed by atoms with Gasteiger partial charge < -0.3 is 8.97 Å². The second-order valence-corrected chi connectivity index (χ2v) is 9.61. The van der Waals surface area contributed by atoms with Gasteiger partial charge in [-0.3, -0.25) is 0 Å². The van der Waals surface area contributed by atoms with Gasteiger partial charge in [0.1, 0.15) is 25.2 Å². The highest BCUT2D eigenvalue weighted by atomic mass is 15.5. The molecule has 0 spiro atoms. The summed E-state index contributed by atoms with van der Waals surface area (Å²) in [6, 6.07) is 1.95. The maximum absolute atomic E-state index is 2.39. The quantitative estimate of drug-likeness (QED) is 0.364. The van der Waals surface area contributed by atoms with E-state index in [1.165, 1.54) is 125 Å². The average Bonchev–Trinajstić information content (AvgIpc) is 2.69. The molecule has 1 saturated heterocycles. The molecule has 0 unspecified atom stereocenters. The van der Waals surface area contributed by atoms with Crippen molar-refractivity contribution in [1.29, 1.82) is 0 Å². The molecule has 2 fully saturated rings. The highest BCUT2D eigenvalue weighted by molar-refractivity contribution is 4.83. The molecule has 154 valence electrons. The summed E-state index contributed by atoms with van der Waals surface area (Å²) < 4.78 is 3.01. The zero-order valence-electron chi connectivity index (χ0n) is 18.8. The summed E-state index contributed by atoms with van der Waals surface area (Å²) in [6.45, 7) is 18.4. The molecule has 0 bridgehead atoms. The van der Waals surface area contributed by atoms with E-state index in [9.17, 15) is 0 Å². The first kappa shape index (κ1) is 22.2. The van der Waals surface area contributed by atoms with Crippen LogP contribution in [-0.2, 0) is 0 Å². The maximum atomic E-state index is 2.39. The molecular weight excluding hydrogens is 316 g/mol. The Kier molecular flexibility index (Phi) is 9.44. The Labute approximate surface area is 165 Å². The molecule has 0 aromatic rings. The fraction of sp³-hybridized carbons (Fsp3) is 1.00. The summed E-state index contributed by atoms with van der Waals surface area (Å²) in [6.07, 6.45) is 17.3. The van der Waals surface area contributed by atoms with Crippen molar-refractivity contribution >= 4 is 0 Å². The average molecular weight is 367 g/mol. The monoisotopic (exact) mass is 366 g/mol. The van der Waals surface area contributed by atoms with Crippen LogP contribution in [0.2, 0.25) is 0 Å². The van der Waals surface area contributed by atoms with Gasteiger partial charge in [0, 0.05) is 12.8 Å². The molecule has 0 aromatic carbocycles.